The first-order chi connectivity index (χ1) is 11.9. The van der Waals surface area contributed by atoms with Gasteiger partial charge in [-0.1, -0.05) is 11.6 Å². The van der Waals surface area contributed by atoms with E-state index >= 15 is 0 Å². The lowest BCUT2D eigenvalue weighted by Crippen LogP contribution is -2.37. The van der Waals surface area contributed by atoms with Gasteiger partial charge in [-0.25, -0.2) is 0 Å². The van der Waals surface area contributed by atoms with E-state index in [0.717, 1.165) is 19.5 Å². The zero-order valence-electron chi connectivity index (χ0n) is 15.4. The predicted octanol–water partition coefficient (Wildman–Crippen LogP) is 1.98. The van der Waals surface area contributed by atoms with Crippen LogP contribution in [0.25, 0.3) is 10.9 Å². The Bertz CT molecular complexity index is 875. The second-order valence-electron chi connectivity index (χ2n) is 7.09. The summed E-state index contributed by atoms with van der Waals surface area (Å²) < 4.78 is 1.46. The van der Waals surface area contributed by atoms with E-state index in [9.17, 15) is 9.59 Å². The van der Waals surface area contributed by atoms with Crippen LogP contribution in [0.4, 0.5) is 0 Å². The van der Waals surface area contributed by atoms with E-state index in [1.54, 1.807) is 30.4 Å². The second kappa shape index (κ2) is 6.88. The number of carbonyl (C=O) groups is 1. The number of aryl methyl sites for hydroxylation is 1. The molecule has 1 N–H and O–H groups in total. The number of nitrogens with zero attached hydrogens (tertiary/aromatic N) is 3. The summed E-state index contributed by atoms with van der Waals surface area (Å²) in [6, 6.07) is 2.34. The molecule has 3 rings (SSSR count). The van der Waals surface area contributed by atoms with Gasteiger partial charge in [0.25, 0.3) is 11.5 Å². The normalized spacial score (nSPS) is 15.6. The molecule has 134 valence electrons. The lowest BCUT2D eigenvalue weighted by molar-refractivity contribution is 0.0805. The molecule has 0 radical (unpaired) electrons. The minimum Gasteiger partial charge on any atom is -0.357 e. The van der Waals surface area contributed by atoms with Gasteiger partial charge in [0, 0.05) is 57.6 Å². The van der Waals surface area contributed by atoms with Crippen LogP contribution in [0, 0.1) is 0 Å². The van der Waals surface area contributed by atoms with Gasteiger partial charge in [-0.05, 0) is 26.3 Å². The largest absolute Gasteiger partial charge is 0.357 e. The maximum absolute atomic E-state index is 12.9. The van der Waals surface area contributed by atoms with Gasteiger partial charge >= 0.3 is 0 Å². The van der Waals surface area contributed by atoms with Crippen LogP contribution in [0.5, 0.6) is 0 Å². The van der Waals surface area contributed by atoms with E-state index < -0.39 is 0 Å². The molecule has 0 atom stereocenters. The number of H-pyrrole nitrogens is 1. The van der Waals surface area contributed by atoms with E-state index in [2.05, 4.69) is 29.8 Å². The van der Waals surface area contributed by atoms with Gasteiger partial charge in [0.2, 0.25) is 0 Å². The fourth-order valence-electron chi connectivity index (χ4n) is 3.36. The van der Waals surface area contributed by atoms with Crippen LogP contribution in [-0.4, -0.2) is 58.0 Å². The highest BCUT2D eigenvalue weighted by molar-refractivity contribution is 6.05. The molecule has 0 aromatic carbocycles. The average molecular weight is 342 g/mol. The summed E-state index contributed by atoms with van der Waals surface area (Å²) in [5.41, 5.74) is 2.21. The molecular formula is C19H26N4O2. The van der Waals surface area contributed by atoms with Crippen LogP contribution in [0.2, 0.25) is 0 Å². The minimum absolute atomic E-state index is 0.0626. The predicted molar refractivity (Wildman–Crippen MR) is 99.9 cm³/mol. The Morgan fingerprint density at radius 3 is 2.80 bits per heavy atom. The Kier molecular flexibility index (Phi) is 4.81. The van der Waals surface area contributed by atoms with Crippen molar-refractivity contribution < 1.29 is 4.79 Å². The van der Waals surface area contributed by atoms with Crippen molar-refractivity contribution in [2.45, 2.75) is 26.3 Å². The first-order valence-corrected chi connectivity index (χ1v) is 8.72. The van der Waals surface area contributed by atoms with Crippen LogP contribution >= 0.6 is 0 Å². The standard InChI is InChI=1S/C19H26N4O2/c1-13(2)23-9-6-14(7-10-23)11-21(3)18(24)16-12-22(4)19(25)17-15(16)5-8-20-17/h5-6,8,12-13,20H,7,9-11H2,1-4H3. The molecule has 1 amide bonds. The minimum atomic E-state index is -0.122. The highest BCUT2D eigenvalue weighted by Crippen LogP contribution is 2.18. The summed E-state index contributed by atoms with van der Waals surface area (Å²) in [4.78, 5) is 32.2. The molecular weight excluding hydrogens is 316 g/mol. The van der Waals surface area contributed by atoms with Crippen LogP contribution in [-0.2, 0) is 7.05 Å². The van der Waals surface area contributed by atoms with Crippen molar-refractivity contribution in [3.63, 3.8) is 0 Å². The summed E-state index contributed by atoms with van der Waals surface area (Å²) in [5, 5.41) is 0.684. The molecule has 1 aliphatic rings. The van der Waals surface area contributed by atoms with Gasteiger partial charge in [-0.2, -0.15) is 0 Å². The first-order valence-electron chi connectivity index (χ1n) is 8.72. The molecule has 0 fully saturated rings. The van der Waals surface area contributed by atoms with Gasteiger partial charge in [0.1, 0.15) is 5.52 Å². The first kappa shape index (κ1) is 17.5. The Morgan fingerprint density at radius 2 is 2.16 bits per heavy atom. The topological polar surface area (TPSA) is 61.3 Å². The molecule has 3 heterocycles. The molecule has 0 bridgehead atoms. The third-order valence-electron chi connectivity index (χ3n) is 4.98. The Labute approximate surface area is 147 Å². The quantitative estimate of drug-likeness (QED) is 0.864. The van der Waals surface area contributed by atoms with Crippen molar-refractivity contribution in [1.82, 2.24) is 19.4 Å². The lowest BCUT2D eigenvalue weighted by Gasteiger charge is -2.31. The lowest BCUT2D eigenvalue weighted by atomic mass is 10.1. The SMILES string of the molecule is CC(C)N1CC=C(CN(C)C(=O)c2cn(C)c(=O)c3[nH]ccc23)CC1. The molecule has 0 unspecified atom stereocenters. The third kappa shape index (κ3) is 3.39. The number of likely N-dealkylation sites (N-methyl/N-ethyl adjacent to an activating group) is 1. The van der Waals surface area contributed by atoms with E-state index in [0.29, 0.717) is 29.1 Å². The van der Waals surface area contributed by atoms with Crippen molar-refractivity contribution in [3.05, 3.63) is 46.0 Å². The molecule has 1 aliphatic heterocycles. The molecule has 0 saturated carbocycles. The van der Waals surface area contributed by atoms with E-state index in [1.807, 2.05) is 7.05 Å². The molecule has 0 spiro atoms. The summed E-state index contributed by atoms with van der Waals surface area (Å²) in [6.07, 6.45) is 6.56. The van der Waals surface area contributed by atoms with Gasteiger partial charge in [0.15, 0.2) is 0 Å². The second-order valence-corrected chi connectivity index (χ2v) is 7.09. The fourth-order valence-corrected chi connectivity index (χ4v) is 3.36. The van der Waals surface area contributed by atoms with E-state index in [-0.39, 0.29) is 11.5 Å². The zero-order chi connectivity index (χ0) is 18.1. The number of aromatic nitrogens is 2. The summed E-state index contributed by atoms with van der Waals surface area (Å²) >= 11 is 0. The number of hydrogen-bond acceptors (Lipinski definition) is 3. The highest BCUT2D eigenvalue weighted by Gasteiger charge is 2.20. The summed E-state index contributed by atoms with van der Waals surface area (Å²) in [5.74, 6) is -0.0626. The smallest absolute Gasteiger partial charge is 0.274 e. The van der Waals surface area contributed by atoms with Crippen LogP contribution < -0.4 is 5.56 Å². The molecule has 25 heavy (non-hydrogen) atoms. The van der Waals surface area contributed by atoms with Crippen LogP contribution in [0.15, 0.2) is 34.9 Å². The number of fused-ring (bicyclic) bond motifs is 1. The van der Waals surface area contributed by atoms with Gasteiger partial charge in [-0.3, -0.25) is 14.5 Å². The van der Waals surface area contributed by atoms with Gasteiger partial charge in [-0.15, -0.1) is 0 Å². The van der Waals surface area contributed by atoms with Crippen molar-refractivity contribution >= 4 is 16.8 Å². The van der Waals surface area contributed by atoms with Crippen molar-refractivity contribution in [1.29, 1.82) is 0 Å². The number of nitrogens with one attached hydrogen (secondary N) is 1. The van der Waals surface area contributed by atoms with Gasteiger partial charge in [0.05, 0.1) is 5.56 Å². The van der Waals surface area contributed by atoms with Crippen LogP contribution in [0.1, 0.15) is 30.6 Å². The average Bonchev–Trinajstić information content (AvgIpc) is 3.08. The number of hydrogen-bond donors (Lipinski definition) is 1. The third-order valence-corrected chi connectivity index (χ3v) is 4.98. The molecule has 6 heteroatoms. The van der Waals surface area contributed by atoms with Gasteiger partial charge < -0.3 is 14.5 Å². The van der Waals surface area contributed by atoms with E-state index in [4.69, 9.17) is 0 Å². The van der Waals surface area contributed by atoms with Crippen molar-refractivity contribution in [2.75, 3.05) is 26.7 Å². The summed E-state index contributed by atoms with van der Waals surface area (Å²) in [6.45, 7) is 7.01. The summed E-state index contributed by atoms with van der Waals surface area (Å²) in [7, 11) is 3.49. The molecule has 0 saturated heterocycles. The fraction of sp³-hybridized carbons (Fsp3) is 0.474. The van der Waals surface area contributed by atoms with E-state index in [1.165, 1.54) is 10.1 Å². The molecule has 6 nitrogen and oxygen atoms in total. The number of carbonyl (C=O) groups excluding carboxylic acids is 1. The zero-order valence-corrected chi connectivity index (χ0v) is 15.4. The molecule has 2 aromatic rings. The highest BCUT2D eigenvalue weighted by atomic mass is 16.2. The number of amides is 1. The Balaban J connectivity index is 1.79. The maximum Gasteiger partial charge on any atom is 0.274 e. The van der Waals surface area contributed by atoms with Crippen molar-refractivity contribution in [3.8, 4) is 0 Å². The Hall–Kier alpha value is -2.34. The Morgan fingerprint density at radius 1 is 1.40 bits per heavy atom. The number of rotatable bonds is 4. The van der Waals surface area contributed by atoms with Crippen molar-refractivity contribution in [2.24, 2.45) is 7.05 Å². The number of aromatic amines is 1. The molecule has 2 aromatic heterocycles. The molecule has 0 aliphatic carbocycles. The number of pyridine rings is 1. The van der Waals surface area contributed by atoms with Crippen LogP contribution in [0.3, 0.4) is 0 Å². The maximum atomic E-state index is 12.9. The monoisotopic (exact) mass is 342 g/mol.